The van der Waals surface area contributed by atoms with E-state index in [1.807, 2.05) is 42.5 Å². The molecule has 2 aromatic carbocycles. The van der Waals surface area contributed by atoms with Crippen molar-refractivity contribution < 1.29 is 4.79 Å². The molecule has 0 aliphatic carbocycles. The Morgan fingerprint density at radius 1 is 1.19 bits per heavy atom. The zero-order valence-electron chi connectivity index (χ0n) is 11.0. The fourth-order valence-corrected chi connectivity index (χ4v) is 3.74. The molecule has 2 heterocycles. The fraction of sp³-hybridized carbons (Fsp3) is 0.133. The van der Waals surface area contributed by atoms with Crippen molar-refractivity contribution in [3.05, 3.63) is 48.0 Å². The zero-order chi connectivity index (χ0) is 14.2. The predicted octanol–water partition coefficient (Wildman–Crippen LogP) is 3.01. The molecule has 2 N–H and O–H groups in total. The normalized spacial score (nSPS) is 17.6. The van der Waals surface area contributed by atoms with Crippen LogP contribution in [0.1, 0.15) is 5.56 Å². The Bertz CT molecular complexity index is 786. The monoisotopic (exact) mass is 344 g/mol. The molecule has 104 valence electrons. The Morgan fingerprint density at radius 3 is 3.00 bits per heavy atom. The van der Waals surface area contributed by atoms with Gasteiger partial charge in [-0.05, 0) is 0 Å². The third-order valence-electron chi connectivity index (χ3n) is 3.63. The first-order valence-electron chi connectivity index (χ1n) is 6.68. The molecule has 0 saturated carbocycles. The Kier molecular flexibility index (Phi) is 2.98. The molecule has 2 aliphatic rings. The van der Waals surface area contributed by atoms with E-state index in [-0.39, 0.29) is 26.5 Å². The van der Waals surface area contributed by atoms with Gasteiger partial charge in [0.05, 0.1) is 0 Å². The van der Waals surface area contributed by atoms with Crippen LogP contribution in [0, 0.1) is 0 Å². The first-order valence-corrected chi connectivity index (χ1v) is 8.21. The van der Waals surface area contributed by atoms with Crippen LogP contribution in [0.15, 0.2) is 50.4 Å². The second-order valence-corrected chi connectivity index (χ2v) is 6.09. The standard InChI is InChI=1S/C15H12N4OSe/c20-15(13-8-9-4-1-2-5-10(9)16-13)17-11-6-3-7-12-14(11)19-21-18-12/h1-7,13,16H,8H2,(H,17,20)/t13-/m0/s1. The number of nitrogens with zero attached hydrogens (tertiary/aromatic N) is 2. The number of para-hydroxylation sites is 1. The van der Waals surface area contributed by atoms with Gasteiger partial charge in [0.1, 0.15) is 0 Å². The van der Waals surface area contributed by atoms with Gasteiger partial charge in [-0.1, -0.05) is 0 Å². The molecule has 0 saturated heterocycles. The molecule has 6 heteroatoms. The van der Waals surface area contributed by atoms with Crippen molar-refractivity contribution in [1.29, 1.82) is 0 Å². The maximum absolute atomic E-state index is 12.4. The summed E-state index contributed by atoms with van der Waals surface area (Å²) in [5, 5.41) is 6.23. The molecule has 0 bridgehead atoms. The number of benzene rings is 2. The number of hydrogen-bond donors (Lipinski definition) is 2. The average molecular weight is 343 g/mol. The summed E-state index contributed by atoms with van der Waals surface area (Å²) in [4.78, 5) is 12.4. The molecule has 1 atom stereocenters. The summed E-state index contributed by atoms with van der Waals surface area (Å²) in [6, 6.07) is 13.5. The number of carbonyl (C=O) groups is 1. The second kappa shape index (κ2) is 4.98. The first kappa shape index (κ1) is 12.6. The minimum atomic E-state index is -0.234. The van der Waals surface area contributed by atoms with Crippen LogP contribution in [0.3, 0.4) is 0 Å². The van der Waals surface area contributed by atoms with E-state index >= 15 is 0 Å². The summed E-state index contributed by atoms with van der Waals surface area (Å²) < 4.78 is 8.71. The molecular formula is C15H12N4OSe. The minimum absolute atomic E-state index is 0.0331. The molecule has 2 aliphatic heterocycles. The molecule has 2 aromatic rings. The number of rotatable bonds is 2. The summed E-state index contributed by atoms with van der Waals surface area (Å²) in [6.45, 7) is 0. The van der Waals surface area contributed by atoms with E-state index in [0.29, 0.717) is 6.42 Å². The molecule has 0 radical (unpaired) electrons. The van der Waals surface area contributed by atoms with Gasteiger partial charge >= 0.3 is 127 Å². The summed E-state index contributed by atoms with van der Waals surface area (Å²) >= 11 is -0.0923. The van der Waals surface area contributed by atoms with Crippen molar-refractivity contribution in [2.45, 2.75) is 12.5 Å². The number of anilines is 2. The molecule has 0 fully saturated rings. The molecule has 0 unspecified atom stereocenters. The Hall–Kier alpha value is -2.17. The number of fused-ring (bicyclic) bond motifs is 2. The van der Waals surface area contributed by atoms with E-state index in [4.69, 9.17) is 0 Å². The van der Waals surface area contributed by atoms with Crippen molar-refractivity contribution >= 4 is 43.2 Å². The van der Waals surface area contributed by atoms with Crippen molar-refractivity contribution in [2.24, 2.45) is 7.92 Å². The van der Waals surface area contributed by atoms with Crippen LogP contribution in [-0.2, 0) is 11.2 Å². The van der Waals surface area contributed by atoms with E-state index in [9.17, 15) is 4.79 Å². The van der Waals surface area contributed by atoms with Crippen LogP contribution < -0.4 is 10.6 Å². The molecule has 1 amide bonds. The van der Waals surface area contributed by atoms with E-state index in [2.05, 4.69) is 18.6 Å². The van der Waals surface area contributed by atoms with Gasteiger partial charge < -0.3 is 0 Å². The average Bonchev–Trinajstić information content (AvgIpc) is 3.14. The fourth-order valence-electron chi connectivity index (χ4n) is 2.58. The number of nitrogens with one attached hydrogen (secondary N) is 2. The molecule has 4 rings (SSSR count). The Morgan fingerprint density at radius 2 is 2.10 bits per heavy atom. The molecule has 0 spiro atoms. The zero-order valence-corrected chi connectivity index (χ0v) is 12.7. The third kappa shape index (κ3) is 2.22. The van der Waals surface area contributed by atoms with Gasteiger partial charge in [0.15, 0.2) is 0 Å². The summed E-state index contributed by atoms with van der Waals surface area (Å²) in [5.41, 5.74) is 4.65. The van der Waals surface area contributed by atoms with Gasteiger partial charge in [0.25, 0.3) is 0 Å². The van der Waals surface area contributed by atoms with Crippen molar-refractivity contribution in [2.75, 3.05) is 10.6 Å². The number of carbonyl (C=O) groups excluding carboxylic acids is 1. The van der Waals surface area contributed by atoms with Gasteiger partial charge in [-0.2, -0.15) is 0 Å². The summed E-state index contributed by atoms with van der Waals surface area (Å²) in [5.74, 6) is -0.0331. The topological polar surface area (TPSA) is 65.8 Å². The third-order valence-corrected chi connectivity index (χ3v) is 4.77. The molecule has 21 heavy (non-hydrogen) atoms. The van der Waals surface area contributed by atoms with Gasteiger partial charge in [-0.3, -0.25) is 0 Å². The van der Waals surface area contributed by atoms with Crippen LogP contribution in [0.25, 0.3) is 0 Å². The second-order valence-electron chi connectivity index (χ2n) is 4.98. The predicted molar refractivity (Wildman–Crippen MR) is 82.6 cm³/mol. The maximum atomic E-state index is 12.4. The van der Waals surface area contributed by atoms with Gasteiger partial charge in [0, 0.05) is 0 Å². The molecule has 5 nitrogen and oxygen atoms in total. The quantitative estimate of drug-likeness (QED) is 0.703. The van der Waals surface area contributed by atoms with Gasteiger partial charge in [-0.25, -0.2) is 0 Å². The first-order chi connectivity index (χ1) is 10.3. The van der Waals surface area contributed by atoms with Crippen LogP contribution >= 0.6 is 0 Å². The summed E-state index contributed by atoms with van der Waals surface area (Å²) in [6.07, 6.45) is 0.711. The van der Waals surface area contributed by atoms with Crippen molar-refractivity contribution in [1.82, 2.24) is 0 Å². The SMILES string of the molecule is O=C(Nc1cccc2c1N=[Se]=N2)[C@@H]1Cc2ccccc2N1. The summed E-state index contributed by atoms with van der Waals surface area (Å²) in [7, 11) is 0. The van der Waals surface area contributed by atoms with Crippen LogP contribution in [-0.4, -0.2) is 26.5 Å². The van der Waals surface area contributed by atoms with Crippen LogP contribution in [0.4, 0.5) is 22.7 Å². The Labute approximate surface area is 127 Å². The molecule has 0 aromatic heterocycles. The Balaban J connectivity index is 1.54. The van der Waals surface area contributed by atoms with Crippen molar-refractivity contribution in [3.63, 3.8) is 0 Å². The van der Waals surface area contributed by atoms with Gasteiger partial charge in [0.2, 0.25) is 0 Å². The van der Waals surface area contributed by atoms with Crippen LogP contribution in [0.5, 0.6) is 0 Å². The van der Waals surface area contributed by atoms with Crippen LogP contribution in [0.2, 0.25) is 0 Å². The van der Waals surface area contributed by atoms with E-state index in [1.165, 1.54) is 5.56 Å². The van der Waals surface area contributed by atoms with E-state index in [0.717, 1.165) is 22.7 Å². The number of amides is 1. The van der Waals surface area contributed by atoms with Crippen molar-refractivity contribution in [3.8, 4) is 0 Å². The molecular weight excluding hydrogens is 331 g/mol. The van der Waals surface area contributed by atoms with E-state index < -0.39 is 0 Å². The van der Waals surface area contributed by atoms with E-state index in [1.54, 1.807) is 0 Å². The van der Waals surface area contributed by atoms with Gasteiger partial charge in [-0.15, -0.1) is 0 Å². The number of hydrogen-bond acceptors (Lipinski definition) is 4.